The van der Waals surface area contributed by atoms with Crippen LogP contribution < -0.4 is 11.5 Å². The molecule has 0 amide bonds. The van der Waals surface area contributed by atoms with Gasteiger partial charge in [-0.25, -0.2) is 9.97 Å². The molecule has 0 bridgehead atoms. The van der Waals surface area contributed by atoms with Gasteiger partial charge in [0.2, 0.25) is 0 Å². The summed E-state index contributed by atoms with van der Waals surface area (Å²) in [6, 6.07) is 11.3. The summed E-state index contributed by atoms with van der Waals surface area (Å²) in [4.78, 5) is 16.3. The Morgan fingerprint density at radius 1 is 0.870 bits per heavy atom. The van der Waals surface area contributed by atoms with E-state index in [4.69, 9.17) is 11.5 Å². The molecule has 3 rings (SSSR count). The van der Waals surface area contributed by atoms with Gasteiger partial charge >= 0.3 is 0 Å². The molecule has 0 aliphatic rings. The summed E-state index contributed by atoms with van der Waals surface area (Å²) in [5, 5.41) is 7.78. The number of nitrogens with two attached hydrogens (primary N) is 2. The normalized spacial score (nSPS) is 11.0. The Labute approximate surface area is 132 Å². The number of rotatable bonds is 3. The predicted octanol–water partition coefficient (Wildman–Crippen LogP) is 2.82. The highest BCUT2D eigenvalue weighted by Gasteiger charge is 2.11. The van der Waals surface area contributed by atoms with Crippen molar-refractivity contribution in [2.24, 2.45) is 10.2 Å². The van der Waals surface area contributed by atoms with Crippen molar-refractivity contribution in [2.45, 2.75) is 6.92 Å². The molecule has 23 heavy (non-hydrogen) atoms. The molecule has 0 atom stereocenters. The van der Waals surface area contributed by atoms with Gasteiger partial charge in [0, 0.05) is 11.8 Å². The van der Waals surface area contributed by atoms with E-state index in [1.54, 1.807) is 6.07 Å². The van der Waals surface area contributed by atoms with E-state index in [0.717, 1.165) is 11.1 Å². The fraction of sp³-hybridized carbons (Fsp3) is 0.0667. The van der Waals surface area contributed by atoms with Crippen molar-refractivity contribution in [1.82, 2.24) is 19.9 Å². The van der Waals surface area contributed by atoms with E-state index in [2.05, 4.69) is 30.2 Å². The van der Waals surface area contributed by atoms with Gasteiger partial charge in [-0.3, -0.25) is 0 Å². The standard InChI is InChI=1S/C15H14N8/c1-9-12(10-5-3-2-4-6-10)13(17)21-15(19-9)23-22-14-18-8-7-11(16)20-14/h2-8H,1H3,(H2,16,18,20)(H2,17,19,21). The summed E-state index contributed by atoms with van der Waals surface area (Å²) in [5.41, 5.74) is 14.0. The van der Waals surface area contributed by atoms with Crippen LogP contribution >= 0.6 is 0 Å². The largest absolute Gasteiger partial charge is 0.384 e. The minimum Gasteiger partial charge on any atom is -0.384 e. The van der Waals surface area contributed by atoms with Gasteiger partial charge in [0.15, 0.2) is 0 Å². The van der Waals surface area contributed by atoms with E-state index < -0.39 is 0 Å². The molecule has 0 fully saturated rings. The lowest BCUT2D eigenvalue weighted by Gasteiger charge is -2.08. The highest BCUT2D eigenvalue weighted by molar-refractivity contribution is 5.76. The average molecular weight is 306 g/mol. The van der Waals surface area contributed by atoms with Crippen LogP contribution in [0.25, 0.3) is 11.1 Å². The number of aryl methyl sites for hydroxylation is 1. The maximum absolute atomic E-state index is 6.04. The molecule has 0 aliphatic heterocycles. The van der Waals surface area contributed by atoms with Crippen molar-refractivity contribution in [3.63, 3.8) is 0 Å². The lowest BCUT2D eigenvalue weighted by Crippen LogP contribution is -1.99. The lowest BCUT2D eigenvalue weighted by molar-refractivity contribution is 1.00. The van der Waals surface area contributed by atoms with Crippen LogP contribution in [0.15, 0.2) is 52.8 Å². The quantitative estimate of drug-likeness (QED) is 0.716. The number of benzene rings is 1. The van der Waals surface area contributed by atoms with Gasteiger partial charge in [-0.15, -0.1) is 10.2 Å². The van der Waals surface area contributed by atoms with Gasteiger partial charge in [0.05, 0.1) is 5.69 Å². The zero-order valence-corrected chi connectivity index (χ0v) is 12.4. The maximum atomic E-state index is 6.04. The Kier molecular flexibility index (Phi) is 3.88. The first-order valence-electron chi connectivity index (χ1n) is 6.83. The SMILES string of the molecule is Cc1nc(N=Nc2nccc(N)n2)nc(N)c1-c1ccccc1. The molecule has 0 aliphatic carbocycles. The fourth-order valence-corrected chi connectivity index (χ4v) is 2.09. The van der Waals surface area contributed by atoms with E-state index >= 15 is 0 Å². The number of azo groups is 1. The molecule has 1 aromatic carbocycles. The molecule has 0 unspecified atom stereocenters. The molecule has 8 heteroatoms. The van der Waals surface area contributed by atoms with Crippen LogP contribution in [0.3, 0.4) is 0 Å². The smallest absolute Gasteiger partial charge is 0.271 e. The molecule has 0 radical (unpaired) electrons. The number of nitrogens with zero attached hydrogens (tertiary/aromatic N) is 6. The molecule has 4 N–H and O–H groups in total. The second-order valence-corrected chi connectivity index (χ2v) is 4.72. The molecule has 0 saturated heterocycles. The third kappa shape index (κ3) is 3.26. The van der Waals surface area contributed by atoms with Crippen LogP contribution in [0.4, 0.5) is 23.5 Å². The Bertz CT molecular complexity index is 837. The van der Waals surface area contributed by atoms with Crippen molar-refractivity contribution in [2.75, 3.05) is 11.5 Å². The van der Waals surface area contributed by atoms with E-state index in [1.165, 1.54) is 6.20 Å². The van der Waals surface area contributed by atoms with Crippen LogP contribution in [0, 0.1) is 6.92 Å². The van der Waals surface area contributed by atoms with Gasteiger partial charge in [0.25, 0.3) is 11.9 Å². The highest BCUT2D eigenvalue weighted by Crippen LogP contribution is 2.28. The summed E-state index contributed by atoms with van der Waals surface area (Å²) in [5.74, 6) is 0.929. The van der Waals surface area contributed by atoms with Gasteiger partial charge in [-0.2, -0.15) is 9.97 Å². The number of hydrogen-bond donors (Lipinski definition) is 2. The first-order valence-corrected chi connectivity index (χ1v) is 6.83. The molecular weight excluding hydrogens is 292 g/mol. The molecule has 2 aromatic heterocycles. The number of aromatic nitrogens is 4. The van der Waals surface area contributed by atoms with Crippen LogP contribution in [0.5, 0.6) is 0 Å². The van der Waals surface area contributed by atoms with Crippen LogP contribution in [0.1, 0.15) is 5.69 Å². The Morgan fingerprint density at radius 2 is 1.61 bits per heavy atom. The van der Waals surface area contributed by atoms with Crippen molar-refractivity contribution >= 4 is 23.5 Å². The Balaban J connectivity index is 1.94. The Hall–Kier alpha value is -3.42. The molecule has 3 aromatic rings. The topological polar surface area (TPSA) is 128 Å². The minimum absolute atomic E-state index is 0.136. The molecule has 2 heterocycles. The third-order valence-electron chi connectivity index (χ3n) is 3.06. The summed E-state index contributed by atoms with van der Waals surface area (Å²) in [7, 11) is 0. The summed E-state index contributed by atoms with van der Waals surface area (Å²) >= 11 is 0. The van der Waals surface area contributed by atoms with Gasteiger partial charge in [-0.1, -0.05) is 30.3 Å². The first kappa shape index (κ1) is 14.5. The zero-order valence-electron chi connectivity index (χ0n) is 12.4. The van der Waals surface area contributed by atoms with Crippen LogP contribution in [0.2, 0.25) is 0 Å². The zero-order chi connectivity index (χ0) is 16.2. The third-order valence-corrected chi connectivity index (χ3v) is 3.06. The van der Waals surface area contributed by atoms with Gasteiger partial charge < -0.3 is 11.5 Å². The van der Waals surface area contributed by atoms with E-state index in [-0.39, 0.29) is 11.9 Å². The summed E-state index contributed by atoms with van der Waals surface area (Å²) in [6.07, 6.45) is 1.50. The van der Waals surface area contributed by atoms with Gasteiger partial charge in [-0.05, 0) is 18.6 Å². The minimum atomic E-state index is 0.136. The number of nitrogen functional groups attached to an aromatic ring is 2. The van der Waals surface area contributed by atoms with E-state index in [1.807, 2.05) is 37.3 Å². The van der Waals surface area contributed by atoms with Crippen LogP contribution in [-0.4, -0.2) is 19.9 Å². The van der Waals surface area contributed by atoms with Crippen LogP contribution in [-0.2, 0) is 0 Å². The molecule has 114 valence electrons. The summed E-state index contributed by atoms with van der Waals surface area (Å²) < 4.78 is 0. The second kappa shape index (κ2) is 6.14. The Morgan fingerprint density at radius 3 is 2.30 bits per heavy atom. The maximum Gasteiger partial charge on any atom is 0.271 e. The number of anilines is 2. The molecule has 0 saturated carbocycles. The fourth-order valence-electron chi connectivity index (χ4n) is 2.09. The predicted molar refractivity (Wildman–Crippen MR) is 87.2 cm³/mol. The van der Waals surface area contributed by atoms with Gasteiger partial charge in [0.1, 0.15) is 11.6 Å². The monoisotopic (exact) mass is 306 g/mol. The van der Waals surface area contributed by atoms with Crippen molar-refractivity contribution in [3.05, 3.63) is 48.3 Å². The van der Waals surface area contributed by atoms with E-state index in [0.29, 0.717) is 17.3 Å². The molecular formula is C15H14N8. The first-order chi connectivity index (χ1) is 11.1. The second-order valence-electron chi connectivity index (χ2n) is 4.72. The lowest BCUT2D eigenvalue weighted by atomic mass is 10.1. The van der Waals surface area contributed by atoms with Crippen molar-refractivity contribution < 1.29 is 0 Å². The van der Waals surface area contributed by atoms with E-state index in [9.17, 15) is 0 Å². The number of hydrogen-bond acceptors (Lipinski definition) is 8. The van der Waals surface area contributed by atoms with Crippen molar-refractivity contribution in [1.29, 1.82) is 0 Å². The average Bonchev–Trinajstić information content (AvgIpc) is 2.53. The molecule has 8 nitrogen and oxygen atoms in total. The highest BCUT2D eigenvalue weighted by atomic mass is 15.3. The summed E-state index contributed by atoms with van der Waals surface area (Å²) in [6.45, 7) is 1.84. The molecule has 0 spiro atoms. The van der Waals surface area contributed by atoms with Crippen molar-refractivity contribution in [3.8, 4) is 11.1 Å².